The van der Waals surface area contributed by atoms with E-state index in [1.807, 2.05) is 12.1 Å². The molecule has 1 nitrogen and oxygen atoms in total. The van der Waals surface area contributed by atoms with E-state index in [4.69, 9.17) is 0 Å². The predicted molar refractivity (Wildman–Crippen MR) is 83.9 cm³/mol. The van der Waals surface area contributed by atoms with Crippen LogP contribution in [-0.4, -0.2) is 12.6 Å². The molecule has 0 spiro atoms. The van der Waals surface area contributed by atoms with E-state index in [9.17, 15) is 4.39 Å². The molecule has 1 atom stereocenters. The maximum absolute atomic E-state index is 13.9. The van der Waals surface area contributed by atoms with Gasteiger partial charge in [0.2, 0.25) is 0 Å². The summed E-state index contributed by atoms with van der Waals surface area (Å²) in [6, 6.07) is 5.80. The standard InChI is InChI=1S/C16H25BrFN/c1-11(2)19-10-13(16(3,4)5)8-12-6-7-14(17)9-15(12)18/h6-7,9,11,13,19H,8,10H2,1-5H3. The molecule has 0 saturated heterocycles. The number of hydrogen-bond acceptors (Lipinski definition) is 1. The summed E-state index contributed by atoms with van der Waals surface area (Å²) in [6.45, 7) is 11.8. The normalized spacial score (nSPS) is 13.9. The molecule has 0 saturated carbocycles. The molecule has 0 aliphatic rings. The minimum atomic E-state index is -0.117. The monoisotopic (exact) mass is 329 g/mol. The third-order valence-electron chi connectivity index (χ3n) is 3.48. The van der Waals surface area contributed by atoms with E-state index in [-0.39, 0.29) is 11.2 Å². The molecular weight excluding hydrogens is 305 g/mol. The average Bonchev–Trinajstić information content (AvgIpc) is 2.24. The van der Waals surface area contributed by atoms with Crippen LogP contribution in [0.3, 0.4) is 0 Å². The van der Waals surface area contributed by atoms with Crippen molar-refractivity contribution in [2.24, 2.45) is 11.3 Å². The second-order valence-corrected chi connectivity index (χ2v) is 7.48. The van der Waals surface area contributed by atoms with Crippen molar-refractivity contribution in [1.29, 1.82) is 0 Å². The van der Waals surface area contributed by atoms with Gasteiger partial charge in [-0.2, -0.15) is 0 Å². The molecule has 0 amide bonds. The first kappa shape index (κ1) is 16.6. The predicted octanol–water partition coefficient (Wildman–Crippen LogP) is 4.79. The Kier molecular flexibility index (Phi) is 6.00. The number of hydrogen-bond donors (Lipinski definition) is 1. The zero-order chi connectivity index (χ0) is 14.6. The van der Waals surface area contributed by atoms with Crippen molar-refractivity contribution in [2.45, 2.75) is 47.1 Å². The Morgan fingerprint density at radius 2 is 1.89 bits per heavy atom. The van der Waals surface area contributed by atoms with Crippen LogP contribution >= 0.6 is 15.9 Å². The van der Waals surface area contributed by atoms with Gasteiger partial charge in [-0.1, -0.05) is 56.6 Å². The van der Waals surface area contributed by atoms with E-state index >= 15 is 0 Å². The van der Waals surface area contributed by atoms with Gasteiger partial charge in [-0.05, 0) is 42.0 Å². The van der Waals surface area contributed by atoms with Crippen molar-refractivity contribution < 1.29 is 4.39 Å². The van der Waals surface area contributed by atoms with E-state index in [1.165, 1.54) is 0 Å². The molecule has 0 fully saturated rings. The van der Waals surface area contributed by atoms with Gasteiger partial charge >= 0.3 is 0 Å². The molecule has 0 aromatic heterocycles. The van der Waals surface area contributed by atoms with E-state index < -0.39 is 0 Å². The molecule has 0 heterocycles. The average molecular weight is 330 g/mol. The molecule has 0 bridgehead atoms. The number of nitrogens with one attached hydrogen (secondary N) is 1. The lowest BCUT2D eigenvalue weighted by atomic mass is 9.77. The van der Waals surface area contributed by atoms with Crippen molar-refractivity contribution >= 4 is 15.9 Å². The highest BCUT2D eigenvalue weighted by molar-refractivity contribution is 9.10. The van der Waals surface area contributed by atoms with Crippen LogP contribution in [0.15, 0.2) is 22.7 Å². The molecule has 0 aliphatic heterocycles. The Morgan fingerprint density at radius 3 is 2.37 bits per heavy atom. The van der Waals surface area contributed by atoms with E-state index in [2.05, 4.69) is 55.9 Å². The summed E-state index contributed by atoms with van der Waals surface area (Å²) in [4.78, 5) is 0. The highest BCUT2D eigenvalue weighted by Gasteiger charge is 2.25. The van der Waals surface area contributed by atoms with Crippen LogP contribution in [0.4, 0.5) is 4.39 Å². The lowest BCUT2D eigenvalue weighted by Crippen LogP contribution is -2.36. The first-order valence-electron chi connectivity index (χ1n) is 6.87. The smallest absolute Gasteiger partial charge is 0.127 e. The largest absolute Gasteiger partial charge is 0.314 e. The Bertz CT molecular complexity index is 410. The van der Waals surface area contributed by atoms with Crippen molar-refractivity contribution in [1.82, 2.24) is 5.32 Å². The highest BCUT2D eigenvalue weighted by Crippen LogP contribution is 2.30. The summed E-state index contributed by atoms with van der Waals surface area (Å²) in [5.41, 5.74) is 0.954. The maximum Gasteiger partial charge on any atom is 0.127 e. The Hall–Kier alpha value is -0.410. The van der Waals surface area contributed by atoms with Gasteiger partial charge in [-0.15, -0.1) is 0 Å². The topological polar surface area (TPSA) is 12.0 Å². The molecule has 3 heteroatoms. The van der Waals surface area contributed by atoms with Crippen LogP contribution in [0.2, 0.25) is 0 Å². The molecular formula is C16H25BrFN. The molecule has 1 aromatic carbocycles. The summed E-state index contributed by atoms with van der Waals surface area (Å²) in [5, 5.41) is 3.47. The zero-order valence-electron chi connectivity index (χ0n) is 12.6. The van der Waals surface area contributed by atoms with Gasteiger partial charge in [-0.25, -0.2) is 4.39 Å². The van der Waals surface area contributed by atoms with Crippen molar-refractivity contribution in [2.75, 3.05) is 6.54 Å². The van der Waals surface area contributed by atoms with Crippen LogP contribution < -0.4 is 5.32 Å². The molecule has 1 rings (SSSR count). The quantitative estimate of drug-likeness (QED) is 0.818. The zero-order valence-corrected chi connectivity index (χ0v) is 14.1. The second-order valence-electron chi connectivity index (χ2n) is 6.57. The van der Waals surface area contributed by atoms with Crippen molar-refractivity contribution in [3.05, 3.63) is 34.1 Å². The Balaban J connectivity index is 2.82. The van der Waals surface area contributed by atoms with Crippen LogP contribution in [0.5, 0.6) is 0 Å². The fraction of sp³-hybridized carbons (Fsp3) is 0.625. The lowest BCUT2D eigenvalue weighted by molar-refractivity contribution is 0.225. The lowest BCUT2D eigenvalue weighted by Gasteiger charge is -2.32. The Labute approximate surface area is 125 Å². The molecule has 0 radical (unpaired) electrons. The molecule has 1 unspecified atom stereocenters. The van der Waals surface area contributed by atoms with Gasteiger partial charge in [0, 0.05) is 10.5 Å². The van der Waals surface area contributed by atoms with Gasteiger partial charge in [0.25, 0.3) is 0 Å². The maximum atomic E-state index is 13.9. The van der Waals surface area contributed by atoms with Crippen LogP contribution in [-0.2, 0) is 6.42 Å². The van der Waals surface area contributed by atoms with Gasteiger partial charge in [-0.3, -0.25) is 0 Å². The molecule has 0 aliphatic carbocycles. The van der Waals surface area contributed by atoms with Gasteiger partial charge in [0.05, 0.1) is 0 Å². The fourth-order valence-electron chi connectivity index (χ4n) is 2.02. The van der Waals surface area contributed by atoms with Crippen LogP contribution in [0.1, 0.15) is 40.2 Å². The first-order chi connectivity index (χ1) is 8.70. The second kappa shape index (κ2) is 6.85. The molecule has 1 N–H and O–H groups in total. The number of rotatable bonds is 5. The summed E-state index contributed by atoms with van der Waals surface area (Å²) in [5.74, 6) is 0.291. The third-order valence-corrected chi connectivity index (χ3v) is 3.97. The summed E-state index contributed by atoms with van der Waals surface area (Å²) in [7, 11) is 0. The van der Waals surface area contributed by atoms with Gasteiger partial charge in [0.1, 0.15) is 5.82 Å². The number of halogens is 2. The summed E-state index contributed by atoms with van der Waals surface area (Å²) < 4.78 is 14.7. The molecule has 108 valence electrons. The fourth-order valence-corrected chi connectivity index (χ4v) is 2.35. The van der Waals surface area contributed by atoms with E-state index in [1.54, 1.807) is 6.07 Å². The summed E-state index contributed by atoms with van der Waals surface area (Å²) in [6.07, 6.45) is 0.766. The minimum Gasteiger partial charge on any atom is -0.314 e. The van der Waals surface area contributed by atoms with Gasteiger partial charge in [0.15, 0.2) is 0 Å². The molecule has 1 aromatic rings. The number of benzene rings is 1. The van der Waals surface area contributed by atoms with E-state index in [0.717, 1.165) is 23.0 Å². The van der Waals surface area contributed by atoms with Crippen molar-refractivity contribution in [3.8, 4) is 0 Å². The van der Waals surface area contributed by atoms with Crippen molar-refractivity contribution in [3.63, 3.8) is 0 Å². The van der Waals surface area contributed by atoms with Gasteiger partial charge < -0.3 is 5.32 Å². The third kappa shape index (κ3) is 5.62. The SMILES string of the molecule is CC(C)NCC(Cc1ccc(Br)cc1F)C(C)(C)C. The molecule has 19 heavy (non-hydrogen) atoms. The van der Waals surface area contributed by atoms with E-state index in [0.29, 0.717) is 12.0 Å². The van der Waals surface area contributed by atoms with Crippen LogP contribution in [0.25, 0.3) is 0 Å². The minimum absolute atomic E-state index is 0.117. The van der Waals surface area contributed by atoms with Crippen LogP contribution in [0, 0.1) is 17.2 Å². The summed E-state index contributed by atoms with van der Waals surface area (Å²) >= 11 is 3.30. The Morgan fingerprint density at radius 1 is 1.26 bits per heavy atom. The first-order valence-corrected chi connectivity index (χ1v) is 7.66. The highest BCUT2D eigenvalue weighted by atomic mass is 79.9.